The number of furan rings is 1. The number of fused-ring (bicyclic) bond motifs is 14. The van der Waals surface area contributed by atoms with Crippen LogP contribution in [0.1, 0.15) is 0 Å². The van der Waals surface area contributed by atoms with Crippen molar-refractivity contribution in [3.63, 3.8) is 0 Å². The zero-order valence-electron chi connectivity index (χ0n) is 21.9. The van der Waals surface area contributed by atoms with Crippen LogP contribution >= 0.6 is 11.3 Å². The summed E-state index contributed by atoms with van der Waals surface area (Å²) in [5, 5.41) is 12.3. The first-order valence-electron chi connectivity index (χ1n) is 13.9. The van der Waals surface area contributed by atoms with Gasteiger partial charge in [0.25, 0.3) is 0 Å². The van der Waals surface area contributed by atoms with Gasteiger partial charge in [0, 0.05) is 47.2 Å². The highest BCUT2D eigenvalue weighted by Gasteiger charge is 2.19. The van der Waals surface area contributed by atoms with Crippen LogP contribution in [0.15, 0.2) is 126 Å². The van der Waals surface area contributed by atoms with Crippen LogP contribution in [0.2, 0.25) is 0 Å². The topological polar surface area (TPSA) is 28.9 Å². The predicted molar refractivity (Wildman–Crippen MR) is 176 cm³/mol. The van der Waals surface area contributed by atoms with Crippen molar-refractivity contribution in [3.8, 4) is 11.1 Å². The molecule has 190 valence electrons. The molecule has 0 fully saturated rings. The van der Waals surface area contributed by atoms with Crippen LogP contribution in [-0.2, 0) is 0 Å². The first-order chi connectivity index (χ1) is 20.3. The van der Waals surface area contributed by atoms with Gasteiger partial charge in [-0.3, -0.25) is 0 Å². The molecule has 0 spiro atoms. The third-order valence-electron chi connectivity index (χ3n) is 8.76. The molecule has 0 amide bonds. The van der Waals surface area contributed by atoms with Crippen molar-refractivity contribution in [2.45, 2.75) is 0 Å². The lowest BCUT2D eigenvalue weighted by Crippen LogP contribution is -1.80. The van der Waals surface area contributed by atoms with Crippen LogP contribution in [0.4, 0.5) is 0 Å². The van der Waals surface area contributed by atoms with Gasteiger partial charge in [-0.15, -0.1) is 11.3 Å². The second kappa shape index (κ2) is 7.75. The van der Waals surface area contributed by atoms with E-state index in [1.54, 1.807) is 0 Å². The molecule has 0 aliphatic rings. The molecule has 3 heterocycles. The Morgan fingerprint density at radius 1 is 0.488 bits per heavy atom. The van der Waals surface area contributed by atoms with E-state index in [1.165, 1.54) is 69.0 Å². The minimum atomic E-state index is 0.920. The molecule has 0 bridgehead atoms. The van der Waals surface area contributed by atoms with Crippen LogP contribution in [0.3, 0.4) is 0 Å². The summed E-state index contributed by atoms with van der Waals surface area (Å²) in [5.74, 6) is 0. The second-order valence-electron chi connectivity index (χ2n) is 11.0. The molecule has 2 nitrogen and oxygen atoms in total. The Morgan fingerprint density at radius 2 is 1.20 bits per heavy atom. The van der Waals surface area contributed by atoms with Gasteiger partial charge in [0.2, 0.25) is 0 Å². The number of rotatable bonds is 1. The molecule has 0 unspecified atom stereocenters. The molecule has 41 heavy (non-hydrogen) atoms. The molecule has 7 aromatic carbocycles. The SMILES string of the molecule is c1ccc2c(c1)[nH]c1c3oc4cc5ccc(-c6ccc7c(c6)sc6ccccc67)cc5cc4c3c3ccccc3c21. The number of aromatic amines is 1. The highest BCUT2D eigenvalue weighted by atomic mass is 32.1. The Bertz CT molecular complexity index is 2700. The maximum atomic E-state index is 6.67. The van der Waals surface area contributed by atoms with Crippen LogP contribution in [0, 0.1) is 0 Å². The second-order valence-corrected chi connectivity index (χ2v) is 12.1. The van der Waals surface area contributed by atoms with Crippen molar-refractivity contribution >= 4 is 96.8 Å². The Labute approximate surface area is 238 Å². The summed E-state index contributed by atoms with van der Waals surface area (Å²) in [4.78, 5) is 3.68. The fourth-order valence-corrected chi connectivity index (χ4v) is 8.02. The Morgan fingerprint density at radius 3 is 2.10 bits per heavy atom. The van der Waals surface area contributed by atoms with E-state index in [9.17, 15) is 0 Å². The summed E-state index contributed by atoms with van der Waals surface area (Å²) >= 11 is 1.87. The van der Waals surface area contributed by atoms with E-state index in [1.807, 2.05) is 11.3 Å². The predicted octanol–water partition coefficient (Wildman–Crippen LogP) is 11.6. The summed E-state index contributed by atoms with van der Waals surface area (Å²) in [6.07, 6.45) is 0. The summed E-state index contributed by atoms with van der Waals surface area (Å²) in [5.41, 5.74) is 6.52. The van der Waals surface area contributed by atoms with Crippen molar-refractivity contribution in [2.24, 2.45) is 0 Å². The molecular weight excluding hydrogens is 518 g/mol. The van der Waals surface area contributed by atoms with E-state index in [-0.39, 0.29) is 0 Å². The number of hydrogen-bond donors (Lipinski definition) is 1. The van der Waals surface area contributed by atoms with Gasteiger partial charge in [0.1, 0.15) is 5.58 Å². The molecule has 10 aromatic rings. The minimum absolute atomic E-state index is 0.920. The van der Waals surface area contributed by atoms with Gasteiger partial charge < -0.3 is 9.40 Å². The third-order valence-corrected chi connectivity index (χ3v) is 9.89. The molecule has 0 aliphatic heterocycles. The molecule has 0 saturated carbocycles. The standard InChI is InChI=1S/C38H21NOS/c1-2-9-28-27(8-1)35-29-10-3-5-11-31(29)39-37(35)38-36(28)30-18-24-17-21(13-14-22(24)19-32(30)40-38)23-15-16-26-25-7-4-6-12-33(25)41-34(26)20-23/h1-20,39H. The van der Waals surface area contributed by atoms with Gasteiger partial charge in [-0.05, 0) is 69.1 Å². The third kappa shape index (κ3) is 2.91. The van der Waals surface area contributed by atoms with Crippen molar-refractivity contribution in [2.75, 3.05) is 0 Å². The number of aromatic nitrogens is 1. The van der Waals surface area contributed by atoms with E-state index in [4.69, 9.17) is 4.42 Å². The number of H-pyrrole nitrogens is 1. The molecule has 0 radical (unpaired) electrons. The highest BCUT2D eigenvalue weighted by Crippen LogP contribution is 2.44. The smallest absolute Gasteiger partial charge is 0.160 e. The molecule has 0 saturated heterocycles. The summed E-state index contributed by atoms with van der Waals surface area (Å²) in [6, 6.07) is 44.1. The molecule has 0 atom stereocenters. The monoisotopic (exact) mass is 539 g/mol. The summed E-state index contributed by atoms with van der Waals surface area (Å²) < 4.78 is 9.34. The zero-order chi connectivity index (χ0) is 26.7. The fraction of sp³-hybridized carbons (Fsp3) is 0. The number of nitrogens with one attached hydrogen (secondary N) is 1. The molecule has 0 aliphatic carbocycles. The van der Waals surface area contributed by atoms with Gasteiger partial charge in [-0.1, -0.05) is 84.9 Å². The Kier molecular flexibility index (Phi) is 4.10. The van der Waals surface area contributed by atoms with Gasteiger partial charge in [0.05, 0.1) is 5.52 Å². The Balaban J connectivity index is 1.25. The molecule has 3 aromatic heterocycles. The lowest BCUT2D eigenvalue weighted by atomic mass is 9.96. The van der Waals surface area contributed by atoms with Crippen LogP contribution < -0.4 is 0 Å². The lowest BCUT2D eigenvalue weighted by molar-refractivity contribution is 0.672. The maximum Gasteiger partial charge on any atom is 0.160 e. The van der Waals surface area contributed by atoms with E-state index >= 15 is 0 Å². The number of para-hydroxylation sites is 1. The van der Waals surface area contributed by atoms with E-state index < -0.39 is 0 Å². The van der Waals surface area contributed by atoms with Gasteiger partial charge in [-0.2, -0.15) is 0 Å². The van der Waals surface area contributed by atoms with E-state index in [0.29, 0.717) is 0 Å². The van der Waals surface area contributed by atoms with Crippen LogP contribution in [-0.4, -0.2) is 4.98 Å². The average Bonchev–Trinajstić information content (AvgIpc) is 3.70. The van der Waals surface area contributed by atoms with Gasteiger partial charge in [-0.25, -0.2) is 0 Å². The average molecular weight is 540 g/mol. The zero-order valence-corrected chi connectivity index (χ0v) is 22.7. The highest BCUT2D eigenvalue weighted by molar-refractivity contribution is 7.25. The Hall–Kier alpha value is -5.12. The minimum Gasteiger partial charge on any atom is -0.454 e. The lowest BCUT2D eigenvalue weighted by Gasteiger charge is -2.06. The van der Waals surface area contributed by atoms with Gasteiger partial charge in [0.15, 0.2) is 5.58 Å². The maximum absolute atomic E-state index is 6.67. The fourth-order valence-electron chi connectivity index (χ4n) is 6.88. The molecule has 1 N–H and O–H groups in total. The van der Waals surface area contributed by atoms with Gasteiger partial charge >= 0.3 is 0 Å². The molecule has 10 rings (SSSR count). The van der Waals surface area contributed by atoms with E-state index in [0.717, 1.165) is 27.6 Å². The van der Waals surface area contributed by atoms with Crippen molar-refractivity contribution in [1.29, 1.82) is 0 Å². The van der Waals surface area contributed by atoms with Crippen molar-refractivity contribution in [3.05, 3.63) is 121 Å². The number of hydrogen-bond acceptors (Lipinski definition) is 2. The van der Waals surface area contributed by atoms with Crippen LogP contribution in [0.25, 0.3) is 96.6 Å². The summed E-state index contributed by atoms with van der Waals surface area (Å²) in [7, 11) is 0. The van der Waals surface area contributed by atoms with Crippen LogP contribution in [0.5, 0.6) is 0 Å². The largest absolute Gasteiger partial charge is 0.454 e. The molecule has 3 heteroatoms. The molecular formula is C38H21NOS. The number of thiophene rings is 1. The number of benzene rings is 7. The first-order valence-corrected chi connectivity index (χ1v) is 14.7. The van der Waals surface area contributed by atoms with Crippen molar-refractivity contribution < 1.29 is 4.42 Å². The van der Waals surface area contributed by atoms with E-state index in [2.05, 4.69) is 126 Å². The summed E-state index contributed by atoms with van der Waals surface area (Å²) in [6.45, 7) is 0. The quantitative estimate of drug-likeness (QED) is 0.221. The normalized spacial score (nSPS) is 12.4. The first kappa shape index (κ1) is 21.7. The van der Waals surface area contributed by atoms with Crippen molar-refractivity contribution in [1.82, 2.24) is 4.98 Å².